The van der Waals surface area contributed by atoms with Gasteiger partial charge in [0.2, 0.25) is 5.91 Å². The molecule has 1 aliphatic rings. The lowest BCUT2D eigenvalue weighted by Crippen LogP contribution is -2.55. The first-order valence-electron chi connectivity index (χ1n) is 10.0. The van der Waals surface area contributed by atoms with Gasteiger partial charge in [0.15, 0.2) is 5.96 Å². The van der Waals surface area contributed by atoms with Gasteiger partial charge in [0.25, 0.3) is 0 Å². The van der Waals surface area contributed by atoms with Crippen LogP contribution in [0.1, 0.15) is 22.8 Å². The summed E-state index contributed by atoms with van der Waals surface area (Å²) in [6, 6.07) is 5.29. The number of aliphatic imine (C=N–C) groups is 1. The number of nitrogens with one attached hydrogen (secondary N) is 1. The second kappa shape index (κ2) is 11.7. The number of amides is 1. The van der Waals surface area contributed by atoms with Gasteiger partial charge in [-0.3, -0.25) is 9.48 Å². The van der Waals surface area contributed by atoms with E-state index in [1.165, 1.54) is 14.2 Å². The summed E-state index contributed by atoms with van der Waals surface area (Å²) in [5.74, 6) is 0.620. The van der Waals surface area contributed by atoms with E-state index in [1.807, 2.05) is 31.1 Å². The molecule has 174 valence electrons. The normalized spacial score (nSPS) is 14.1. The Bertz CT molecular complexity index is 977. The Morgan fingerprint density at radius 2 is 2.06 bits per heavy atom. The van der Waals surface area contributed by atoms with Crippen LogP contribution in [0.3, 0.4) is 0 Å². The van der Waals surface area contributed by atoms with Crippen LogP contribution in [0.25, 0.3) is 0 Å². The van der Waals surface area contributed by atoms with Crippen molar-refractivity contribution in [2.24, 2.45) is 12.0 Å². The molecule has 1 saturated heterocycles. The summed E-state index contributed by atoms with van der Waals surface area (Å²) >= 11 is 0. The van der Waals surface area contributed by atoms with Crippen LogP contribution in [0.4, 0.5) is 5.69 Å². The average molecular weight is 556 g/mol. The van der Waals surface area contributed by atoms with Gasteiger partial charge in [-0.25, -0.2) is 9.79 Å². The van der Waals surface area contributed by atoms with Crippen molar-refractivity contribution in [2.45, 2.75) is 13.5 Å². The molecule has 1 aromatic carbocycles. The van der Waals surface area contributed by atoms with Crippen LogP contribution < -0.4 is 15.0 Å². The summed E-state index contributed by atoms with van der Waals surface area (Å²) in [5.41, 5.74) is 1.97. The summed E-state index contributed by atoms with van der Waals surface area (Å²) < 4.78 is 11.7. The topological polar surface area (TPSA) is 101 Å². The van der Waals surface area contributed by atoms with Crippen LogP contribution in [0.15, 0.2) is 35.6 Å². The van der Waals surface area contributed by atoms with Crippen molar-refractivity contribution in [3.8, 4) is 5.75 Å². The number of piperazine rings is 1. The predicted molar refractivity (Wildman–Crippen MR) is 132 cm³/mol. The average Bonchev–Trinajstić information content (AvgIpc) is 3.21. The van der Waals surface area contributed by atoms with Crippen molar-refractivity contribution in [3.63, 3.8) is 0 Å². The monoisotopic (exact) mass is 556 g/mol. The third kappa shape index (κ3) is 5.90. The quantitative estimate of drug-likeness (QED) is 0.250. The minimum atomic E-state index is -0.466. The number of nitrogens with zero attached hydrogens (tertiary/aromatic N) is 5. The molecule has 0 bridgehead atoms. The summed E-state index contributed by atoms with van der Waals surface area (Å²) in [7, 11) is 4.66. The fourth-order valence-corrected chi connectivity index (χ4v) is 3.39. The number of rotatable bonds is 6. The Hall–Kier alpha value is -2.83. The number of carbonyl (C=O) groups excluding carboxylic acids is 2. The lowest BCUT2D eigenvalue weighted by molar-refractivity contribution is -0.120. The van der Waals surface area contributed by atoms with E-state index in [0.717, 1.165) is 11.3 Å². The molecule has 2 heterocycles. The number of guanidine groups is 1. The number of halogens is 1. The highest BCUT2D eigenvalue weighted by atomic mass is 127. The Labute approximate surface area is 204 Å². The van der Waals surface area contributed by atoms with E-state index < -0.39 is 5.97 Å². The number of aryl methyl sites for hydroxylation is 1. The van der Waals surface area contributed by atoms with Gasteiger partial charge in [-0.15, -0.1) is 24.0 Å². The Balaban J connectivity index is 0.00000363. The van der Waals surface area contributed by atoms with Crippen LogP contribution in [-0.4, -0.2) is 72.9 Å². The molecular weight excluding hydrogens is 527 g/mol. The Kier molecular flexibility index (Phi) is 9.29. The molecule has 10 nitrogen and oxygen atoms in total. The van der Waals surface area contributed by atoms with Crippen molar-refractivity contribution < 1.29 is 19.1 Å². The van der Waals surface area contributed by atoms with Gasteiger partial charge >= 0.3 is 5.97 Å². The first-order valence-corrected chi connectivity index (χ1v) is 10.0. The van der Waals surface area contributed by atoms with E-state index >= 15 is 0 Å². The first-order chi connectivity index (χ1) is 15.0. The van der Waals surface area contributed by atoms with Crippen LogP contribution in [-0.2, 0) is 23.1 Å². The van der Waals surface area contributed by atoms with Crippen LogP contribution in [0.5, 0.6) is 5.75 Å². The maximum Gasteiger partial charge on any atom is 0.341 e. The fraction of sp³-hybridized carbons (Fsp3) is 0.429. The highest BCUT2D eigenvalue weighted by Crippen LogP contribution is 2.21. The number of anilines is 1. The number of methoxy groups -OCH3 is 2. The number of ether oxygens (including phenoxy) is 2. The lowest BCUT2D eigenvalue weighted by atomic mass is 10.1. The summed E-state index contributed by atoms with van der Waals surface area (Å²) in [5, 5.41) is 7.39. The lowest BCUT2D eigenvalue weighted by Gasteiger charge is -2.35. The van der Waals surface area contributed by atoms with E-state index in [-0.39, 0.29) is 36.4 Å². The number of benzene rings is 1. The van der Waals surface area contributed by atoms with Crippen LogP contribution >= 0.6 is 24.0 Å². The first kappa shape index (κ1) is 25.4. The van der Waals surface area contributed by atoms with Crippen molar-refractivity contribution >= 4 is 47.5 Å². The van der Waals surface area contributed by atoms with Crippen molar-refractivity contribution in [3.05, 3.63) is 41.7 Å². The third-order valence-corrected chi connectivity index (χ3v) is 4.94. The Morgan fingerprint density at radius 1 is 1.28 bits per heavy atom. The van der Waals surface area contributed by atoms with E-state index in [4.69, 9.17) is 9.47 Å². The number of hydrogen-bond donors (Lipinski definition) is 1. The molecule has 0 spiro atoms. The number of carbonyl (C=O) groups is 2. The minimum Gasteiger partial charge on any atom is -0.496 e. The molecule has 1 aromatic heterocycles. The second-order valence-electron chi connectivity index (χ2n) is 7.04. The van der Waals surface area contributed by atoms with Crippen molar-refractivity contribution in [1.82, 2.24) is 20.0 Å². The van der Waals surface area contributed by atoms with Crippen LogP contribution in [0, 0.1) is 0 Å². The van der Waals surface area contributed by atoms with E-state index in [9.17, 15) is 9.59 Å². The maximum atomic E-state index is 12.7. The second-order valence-corrected chi connectivity index (χ2v) is 7.04. The smallest absolute Gasteiger partial charge is 0.341 e. The predicted octanol–water partition coefficient (Wildman–Crippen LogP) is 1.65. The SMILES string of the molecule is CCNC(=NCc1ccc(OC)c(C(=O)OC)c1)N1CCN(c2cnn(C)c2)C(=O)C1.I. The molecule has 0 radical (unpaired) electrons. The standard InChI is InChI=1S/C21H28N6O4.HI/c1-5-22-21(23-11-15-6-7-18(30-3)17(10-15)20(29)31-4)26-8-9-27(19(28)14-26)16-12-24-25(2)13-16;/h6-7,10,12-13H,5,8-9,11,14H2,1-4H3,(H,22,23);1H. The molecule has 2 aromatic rings. The van der Waals surface area contributed by atoms with Crippen LogP contribution in [0.2, 0.25) is 0 Å². The van der Waals surface area contributed by atoms with E-state index in [1.54, 1.807) is 27.9 Å². The summed E-state index contributed by atoms with van der Waals surface area (Å²) in [4.78, 5) is 33.1. The molecule has 1 amide bonds. The Morgan fingerprint density at radius 3 is 2.66 bits per heavy atom. The van der Waals surface area contributed by atoms with Gasteiger partial charge in [0.1, 0.15) is 17.9 Å². The zero-order chi connectivity index (χ0) is 22.4. The molecule has 0 unspecified atom stereocenters. The van der Waals surface area contributed by atoms with Gasteiger partial charge in [-0.2, -0.15) is 5.10 Å². The highest BCUT2D eigenvalue weighted by Gasteiger charge is 2.27. The van der Waals surface area contributed by atoms with Crippen molar-refractivity contribution in [2.75, 3.05) is 45.3 Å². The van der Waals surface area contributed by atoms with Crippen molar-refractivity contribution in [1.29, 1.82) is 0 Å². The molecule has 1 aliphatic heterocycles. The summed E-state index contributed by atoms with van der Waals surface area (Å²) in [6.45, 7) is 4.40. The molecule has 0 atom stereocenters. The van der Waals surface area contributed by atoms with Gasteiger partial charge < -0.3 is 24.6 Å². The number of aromatic nitrogens is 2. The third-order valence-electron chi connectivity index (χ3n) is 4.94. The zero-order valence-electron chi connectivity index (χ0n) is 18.7. The fourth-order valence-electron chi connectivity index (χ4n) is 3.39. The van der Waals surface area contributed by atoms with Gasteiger partial charge in [0, 0.05) is 32.9 Å². The molecule has 32 heavy (non-hydrogen) atoms. The molecular formula is C21H29IN6O4. The molecule has 1 fully saturated rings. The van der Waals surface area contributed by atoms with Gasteiger partial charge in [-0.1, -0.05) is 6.07 Å². The molecule has 1 N–H and O–H groups in total. The zero-order valence-corrected chi connectivity index (χ0v) is 21.0. The highest BCUT2D eigenvalue weighted by molar-refractivity contribution is 14.0. The molecule has 0 aliphatic carbocycles. The number of hydrogen-bond acceptors (Lipinski definition) is 6. The molecule has 3 rings (SSSR count). The molecule has 11 heteroatoms. The maximum absolute atomic E-state index is 12.7. The number of esters is 1. The minimum absolute atomic E-state index is 0. The largest absolute Gasteiger partial charge is 0.496 e. The van der Waals surface area contributed by atoms with Gasteiger partial charge in [0.05, 0.1) is 32.6 Å². The van der Waals surface area contributed by atoms with E-state index in [0.29, 0.717) is 43.5 Å². The van der Waals surface area contributed by atoms with E-state index in [2.05, 4.69) is 15.4 Å². The summed E-state index contributed by atoms with van der Waals surface area (Å²) in [6.07, 6.45) is 3.52. The molecule has 0 saturated carbocycles. The van der Waals surface area contributed by atoms with Gasteiger partial charge in [-0.05, 0) is 24.6 Å².